The van der Waals surface area contributed by atoms with Crippen molar-refractivity contribution in [3.05, 3.63) is 47.9 Å². The molecule has 5 nitrogen and oxygen atoms in total. The summed E-state index contributed by atoms with van der Waals surface area (Å²) < 4.78 is 3.85. The standard InChI is InChI=1S/C15H19N5/c1-19-12(8-10-17-19)7-9-16-11-14-13-5-3-4-6-15(13)20(2)18-14/h3-6,8,10,16H,7,9,11H2,1-2H3. The minimum atomic E-state index is 0.791. The van der Waals surface area contributed by atoms with Crippen LogP contribution in [0.3, 0.4) is 0 Å². The third-order valence-electron chi connectivity index (χ3n) is 3.61. The molecule has 0 saturated heterocycles. The van der Waals surface area contributed by atoms with Gasteiger partial charge in [-0.2, -0.15) is 10.2 Å². The van der Waals surface area contributed by atoms with Gasteiger partial charge in [-0.05, 0) is 12.1 Å². The molecule has 1 aromatic carbocycles. The molecule has 0 aliphatic carbocycles. The molecular weight excluding hydrogens is 250 g/mol. The Kier molecular flexibility index (Phi) is 3.52. The number of rotatable bonds is 5. The first-order valence-electron chi connectivity index (χ1n) is 6.84. The van der Waals surface area contributed by atoms with Crippen molar-refractivity contribution in [1.82, 2.24) is 24.9 Å². The predicted molar refractivity (Wildman–Crippen MR) is 79.3 cm³/mol. The van der Waals surface area contributed by atoms with Crippen molar-refractivity contribution in [1.29, 1.82) is 0 Å². The number of para-hydroxylation sites is 1. The zero-order valence-electron chi connectivity index (χ0n) is 11.9. The van der Waals surface area contributed by atoms with Gasteiger partial charge < -0.3 is 5.32 Å². The van der Waals surface area contributed by atoms with E-state index in [0.29, 0.717) is 0 Å². The fourth-order valence-corrected chi connectivity index (χ4v) is 2.49. The lowest BCUT2D eigenvalue weighted by molar-refractivity contribution is 0.630. The highest BCUT2D eigenvalue weighted by atomic mass is 15.3. The van der Waals surface area contributed by atoms with Gasteiger partial charge in [-0.25, -0.2) is 0 Å². The molecule has 0 aliphatic heterocycles. The Morgan fingerprint density at radius 2 is 1.95 bits per heavy atom. The number of hydrogen-bond donors (Lipinski definition) is 1. The van der Waals surface area contributed by atoms with Gasteiger partial charge in [0.2, 0.25) is 0 Å². The second-order valence-electron chi connectivity index (χ2n) is 4.96. The van der Waals surface area contributed by atoms with Crippen molar-refractivity contribution >= 4 is 10.9 Å². The lowest BCUT2D eigenvalue weighted by Crippen LogP contribution is -2.18. The van der Waals surface area contributed by atoms with Crippen molar-refractivity contribution in [2.45, 2.75) is 13.0 Å². The van der Waals surface area contributed by atoms with Crippen LogP contribution in [0.4, 0.5) is 0 Å². The van der Waals surface area contributed by atoms with Gasteiger partial charge in [-0.15, -0.1) is 0 Å². The van der Waals surface area contributed by atoms with Gasteiger partial charge in [0.15, 0.2) is 0 Å². The Morgan fingerprint density at radius 1 is 1.10 bits per heavy atom. The average molecular weight is 269 g/mol. The van der Waals surface area contributed by atoms with Crippen LogP contribution in [-0.4, -0.2) is 26.1 Å². The second-order valence-corrected chi connectivity index (χ2v) is 4.96. The molecule has 0 unspecified atom stereocenters. The Labute approximate surface area is 118 Å². The van der Waals surface area contributed by atoms with Crippen LogP contribution in [0.1, 0.15) is 11.4 Å². The van der Waals surface area contributed by atoms with Crippen molar-refractivity contribution < 1.29 is 0 Å². The molecule has 0 aliphatic rings. The molecule has 2 aromatic heterocycles. The molecular formula is C15H19N5. The summed E-state index contributed by atoms with van der Waals surface area (Å²) in [6.07, 6.45) is 2.81. The van der Waals surface area contributed by atoms with Crippen molar-refractivity contribution in [2.75, 3.05) is 6.54 Å². The van der Waals surface area contributed by atoms with Crippen LogP contribution in [0.25, 0.3) is 10.9 Å². The maximum Gasteiger partial charge on any atom is 0.0841 e. The summed E-state index contributed by atoms with van der Waals surface area (Å²) in [7, 11) is 3.96. The first-order chi connectivity index (χ1) is 9.75. The maximum atomic E-state index is 4.58. The van der Waals surface area contributed by atoms with Crippen LogP contribution in [0.5, 0.6) is 0 Å². The molecule has 0 saturated carbocycles. The van der Waals surface area contributed by atoms with Crippen molar-refractivity contribution in [3.63, 3.8) is 0 Å². The van der Waals surface area contributed by atoms with E-state index in [1.165, 1.54) is 16.6 Å². The van der Waals surface area contributed by atoms with Gasteiger partial charge in [-0.3, -0.25) is 9.36 Å². The fraction of sp³-hybridized carbons (Fsp3) is 0.333. The first-order valence-corrected chi connectivity index (χ1v) is 6.84. The number of aromatic nitrogens is 4. The quantitative estimate of drug-likeness (QED) is 0.716. The third-order valence-corrected chi connectivity index (χ3v) is 3.61. The van der Waals surface area contributed by atoms with E-state index in [0.717, 1.165) is 25.2 Å². The zero-order chi connectivity index (χ0) is 13.9. The largest absolute Gasteiger partial charge is 0.311 e. The number of aryl methyl sites for hydroxylation is 2. The van der Waals surface area contributed by atoms with E-state index < -0.39 is 0 Å². The Hall–Kier alpha value is -2.14. The number of benzene rings is 1. The minimum absolute atomic E-state index is 0.791. The van der Waals surface area contributed by atoms with Gasteiger partial charge in [-0.1, -0.05) is 18.2 Å². The molecule has 104 valence electrons. The smallest absolute Gasteiger partial charge is 0.0841 e. The van der Waals surface area contributed by atoms with E-state index in [1.807, 2.05) is 35.7 Å². The van der Waals surface area contributed by atoms with Crippen LogP contribution in [0.2, 0.25) is 0 Å². The molecule has 20 heavy (non-hydrogen) atoms. The van der Waals surface area contributed by atoms with Crippen LogP contribution in [0, 0.1) is 0 Å². The number of hydrogen-bond acceptors (Lipinski definition) is 3. The summed E-state index contributed by atoms with van der Waals surface area (Å²) in [5.41, 5.74) is 3.52. The van der Waals surface area contributed by atoms with Crippen LogP contribution in [-0.2, 0) is 27.1 Å². The van der Waals surface area contributed by atoms with Crippen LogP contribution in [0.15, 0.2) is 36.5 Å². The normalized spacial score (nSPS) is 11.3. The summed E-state index contributed by atoms with van der Waals surface area (Å²) >= 11 is 0. The monoisotopic (exact) mass is 269 g/mol. The van der Waals surface area contributed by atoms with E-state index >= 15 is 0 Å². The number of nitrogens with zero attached hydrogens (tertiary/aromatic N) is 4. The molecule has 0 spiro atoms. The molecule has 0 bridgehead atoms. The molecule has 0 fully saturated rings. The summed E-state index contributed by atoms with van der Waals surface area (Å²) in [5, 5.41) is 13.4. The highest BCUT2D eigenvalue weighted by Crippen LogP contribution is 2.16. The highest BCUT2D eigenvalue weighted by Gasteiger charge is 2.07. The predicted octanol–water partition coefficient (Wildman–Crippen LogP) is 1.64. The molecule has 3 rings (SSSR count). The molecule has 3 aromatic rings. The topological polar surface area (TPSA) is 47.7 Å². The second kappa shape index (κ2) is 5.46. The van der Waals surface area contributed by atoms with Gasteiger partial charge in [0.05, 0.1) is 11.2 Å². The third kappa shape index (κ3) is 2.44. The van der Waals surface area contributed by atoms with Gasteiger partial charge in [0.25, 0.3) is 0 Å². The number of fused-ring (bicyclic) bond motifs is 1. The Morgan fingerprint density at radius 3 is 2.75 bits per heavy atom. The lowest BCUT2D eigenvalue weighted by Gasteiger charge is -2.04. The minimum Gasteiger partial charge on any atom is -0.311 e. The van der Waals surface area contributed by atoms with Gasteiger partial charge in [0, 0.05) is 50.9 Å². The van der Waals surface area contributed by atoms with Gasteiger partial charge in [0.1, 0.15) is 0 Å². The number of nitrogens with one attached hydrogen (secondary N) is 1. The van der Waals surface area contributed by atoms with Crippen LogP contribution >= 0.6 is 0 Å². The zero-order valence-corrected chi connectivity index (χ0v) is 11.9. The summed E-state index contributed by atoms with van der Waals surface area (Å²) in [6, 6.07) is 10.4. The molecule has 0 radical (unpaired) electrons. The molecule has 0 atom stereocenters. The lowest BCUT2D eigenvalue weighted by atomic mass is 10.2. The van der Waals surface area contributed by atoms with Crippen molar-refractivity contribution in [2.24, 2.45) is 14.1 Å². The van der Waals surface area contributed by atoms with Crippen LogP contribution < -0.4 is 5.32 Å². The maximum absolute atomic E-state index is 4.58. The molecule has 5 heteroatoms. The van der Waals surface area contributed by atoms with E-state index in [9.17, 15) is 0 Å². The van der Waals surface area contributed by atoms with E-state index in [2.05, 4.69) is 39.8 Å². The summed E-state index contributed by atoms with van der Waals surface area (Å²) in [4.78, 5) is 0. The average Bonchev–Trinajstić information content (AvgIpc) is 3.00. The SMILES string of the molecule is Cn1nccc1CCNCc1nn(C)c2ccccc12. The highest BCUT2D eigenvalue weighted by molar-refractivity contribution is 5.81. The molecule has 0 amide bonds. The summed E-state index contributed by atoms with van der Waals surface area (Å²) in [5.74, 6) is 0. The van der Waals surface area contributed by atoms with E-state index in [1.54, 1.807) is 0 Å². The van der Waals surface area contributed by atoms with Crippen molar-refractivity contribution in [3.8, 4) is 0 Å². The Bertz CT molecular complexity index is 710. The summed E-state index contributed by atoms with van der Waals surface area (Å²) in [6.45, 7) is 1.71. The molecule has 2 heterocycles. The fourth-order valence-electron chi connectivity index (χ4n) is 2.49. The Balaban J connectivity index is 1.62. The van der Waals surface area contributed by atoms with Gasteiger partial charge >= 0.3 is 0 Å². The first kappa shape index (κ1) is 12.9. The van der Waals surface area contributed by atoms with E-state index in [-0.39, 0.29) is 0 Å². The molecule has 1 N–H and O–H groups in total. The van der Waals surface area contributed by atoms with E-state index in [4.69, 9.17) is 0 Å².